The zero-order valence-corrected chi connectivity index (χ0v) is 12.3. The van der Waals surface area contributed by atoms with E-state index in [1.54, 1.807) is 19.2 Å². The highest BCUT2D eigenvalue weighted by atomic mass is 35.5. The molecule has 0 bridgehead atoms. The molecule has 21 heavy (non-hydrogen) atoms. The van der Waals surface area contributed by atoms with Crippen LogP contribution in [-0.2, 0) is 18.9 Å². The van der Waals surface area contributed by atoms with Gasteiger partial charge < -0.3 is 9.31 Å². The molecule has 3 rings (SSSR count). The van der Waals surface area contributed by atoms with Crippen molar-refractivity contribution in [1.29, 1.82) is 0 Å². The lowest BCUT2D eigenvalue weighted by molar-refractivity contribution is -0.145. The first-order valence-corrected chi connectivity index (χ1v) is 7.14. The average molecular weight is 309 g/mol. The van der Waals surface area contributed by atoms with Crippen molar-refractivity contribution in [2.24, 2.45) is 0 Å². The molecule has 8 heteroatoms. The molecule has 1 aliphatic heterocycles. The van der Waals surface area contributed by atoms with Crippen LogP contribution in [0.1, 0.15) is 24.5 Å². The van der Waals surface area contributed by atoms with Crippen molar-refractivity contribution in [1.82, 2.24) is 9.88 Å². The van der Waals surface area contributed by atoms with E-state index in [9.17, 15) is 9.59 Å². The minimum atomic E-state index is -1.06. The van der Waals surface area contributed by atoms with Gasteiger partial charge in [0.05, 0.1) is 13.1 Å². The molecule has 2 aliphatic rings. The van der Waals surface area contributed by atoms with Crippen molar-refractivity contribution >= 4 is 36.1 Å². The first-order chi connectivity index (χ1) is 10.0. The predicted octanol–water partition coefficient (Wildman–Crippen LogP) is 0.339. The van der Waals surface area contributed by atoms with Crippen LogP contribution in [0.5, 0.6) is 0 Å². The Labute approximate surface area is 127 Å². The van der Waals surface area contributed by atoms with Crippen LogP contribution in [-0.4, -0.2) is 49.1 Å². The Hall–Kier alpha value is -1.60. The molecule has 0 amide bonds. The maximum atomic E-state index is 11.7. The Balaban J connectivity index is 1.86. The zero-order valence-electron chi connectivity index (χ0n) is 11.5. The number of nitrogens with zero attached hydrogens (tertiary/aromatic N) is 2. The fourth-order valence-corrected chi connectivity index (χ4v) is 2.46. The topological polar surface area (TPSA) is 68.7 Å². The maximum absolute atomic E-state index is 11.7. The lowest BCUT2D eigenvalue weighted by atomic mass is 9.78. The molecule has 0 unspecified atom stereocenters. The molecule has 110 valence electrons. The van der Waals surface area contributed by atoms with Gasteiger partial charge in [-0.15, -0.1) is 0 Å². The second-order valence-electron chi connectivity index (χ2n) is 5.41. The summed E-state index contributed by atoms with van der Waals surface area (Å²) in [6.07, 6.45) is 2.14. The lowest BCUT2D eigenvalue weighted by Gasteiger charge is -2.22. The highest BCUT2D eigenvalue weighted by Gasteiger charge is 2.35. The summed E-state index contributed by atoms with van der Waals surface area (Å²) in [6.45, 7) is 0.0831. The Bertz CT molecular complexity index is 574. The Morgan fingerprint density at radius 3 is 2.43 bits per heavy atom. The maximum Gasteiger partial charge on any atom is 0.636 e. The predicted molar refractivity (Wildman–Crippen MR) is 76.3 cm³/mol. The smallest absolute Gasteiger partial charge is 0.494 e. The van der Waals surface area contributed by atoms with Crippen LogP contribution in [0.25, 0.3) is 0 Å². The molecule has 1 saturated carbocycles. The molecule has 6 nitrogen and oxygen atoms in total. The fraction of sp³-hybridized carbons (Fsp3) is 0.462. The third-order valence-corrected chi connectivity index (χ3v) is 3.57. The van der Waals surface area contributed by atoms with Gasteiger partial charge in [0, 0.05) is 17.1 Å². The summed E-state index contributed by atoms with van der Waals surface area (Å²) in [7, 11) is 0.592. The molecule has 0 N–H and O–H groups in total. The van der Waals surface area contributed by atoms with Gasteiger partial charge in [0.2, 0.25) is 0 Å². The van der Waals surface area contributed by atoms with Crippen LogP contribution in [0.4, 0.5) is 0 Å². The first-order valence-electron chi connectivity index (χ1n) is 6.76. The third-order valence-electron chi connectivity index (χ3n) is 3.38. The third kappa shape index (κ3) is 3.54. The zero-order chi connectivity index (χ0) is 15.0. The number of hydrogen-bond donors (Lipinski definition) is 0. The van der Waals surface area contributed by atoms with Gasteiger partial charge in [0.15, 0.2) is 0 Å². The van der Waals surface area contributed by atoms with E-state index in [-0.39, 0.29) is 13.1 Å². The SMILES string of the molecule is CN1CC(=O)OB(c2cc(Cl)nc(C3CC3)c2)OC(=O)C1. The van der Waals surface area contributed by atoms with Crippen molar-refractivity contribution in [2.45, 2.75) is 18.8 Å². The summed E-state index contributed by atoms with van der Waals surface area (Å²) in [6, 6.07) is 3.35. The van der Waals surface area contributed by atoms with Gasteiger partial charge in [-0.05, 0) is 32.0 Å². The number of aromatic nitrogens is 1. The summed E-state index contributed by atoms with van der Waals surface area (Å²) >= 11 is 6.01. The van der Waals surface area contributed by atoms with Crippen molar-refractivity contribution in [3.8, 4) is 0 Å². The molecule has 1 saturated heterocycles. The van der Waals surface area contributed by atoms with E-state index < -0.39 is 19.1 Å². The lowest BCUT2D eigenvalue weighted by Crippen LogP contribution is -2.48. The number of hydrogen-bond acceptors (Lipinski definition) is 6. The second kappa shape index (κ2) is 5.65. The minimum absolute atomic E-state index is 0.0416. The van der Waals surface area contributed by atoms with Crippen LogP contribution in [0.2, 0.25) is 5.15 Å². The molecule has 2 fully saturated rings. The van der Waals surface area contributed by atoms with Gasteiger partial charge in [-0.2, -0.15) is 0 Å². The van der Waals surface area contributed by atoms with E-state index in [0.717, 1.165) is 18.5 Å². The number of rotatable bonds is 2. The quantitative estimate of drug-likeness (QED) is 0.580. The summed E-state index contributed by atoms with van der Waals surface area (Å²) < 4.78 is 10.4. The van der Waals surface area contributed by atoms with Gasteiger partial charge >= 0.3 is 19.1 Å². The minimum Gasteiger partial charge on any atom is -0.494 e. The molecule has 0 aromatic carbocycles. The number of carbonyl (C=O) groups is 2. The number of likely N-dealkylation sites (N-methyl/N-ethyl adjacent to an activating group) is 1. The highest BCUT2D eigenvalue weighted by Crippen LogP contribution is 2.38. The molecule has 2 heterocycles. The molecule has 0 spiro atoms. The molecule has 1 aromatic heterocycles. The van der Waals surface area contributed by atoms with E-state index in [2.05, 4.69) is 4.98 Å². The van der Waals surface area contributed by atoms with Crippen molar-refractivity contribution in [2.75, 3.05) is 20.1 Å². The van der Waals surface area contributed by atoms with Crippen LogP contribution in [0.3, 0.4) is 0 Å². The van der Waals surface area contributed by atoms with Gasteiger partial charge in [-0.1, -0.05) is 11.6 Å². The van der Waals surface area contributed by atoms with Crippen LogP contribution < -0.4 is 5.46 Å². The molecule has 1 aliphatic carbocycles. The largest absolute Gasteiger partial charge is 0.636 e. The molecule has 1 aromatic rings. The summed E-state index contributed by atoms with van der Waals surface area (Å²) in [5.41, 5.74) is 1.40. The first kappa shape index (κ1) is 14.3. The van der Waals surface area contributed by atoms with Crippen molar-refractivity contribution in [3.05, 3.63) is 23.0 Å². The Morgan fingerprint density at radius 1 is 1.24 bits per heavy atom. The summed E-state index contributed by atoms with van der Waals surface area (Å²) in [4.78, 5) is 29.3. The van der Waals surface area contributed by atoms with Gasteiger partial charge in [-0.25, -0.2) is 4.98 Å². The van der Waals surface area contributed by atoms with E-state index in [1.807, 2.05) is 0 Å². The molecule has 0 radical (unpaired) electrons. The molecular formula is C13H14BClN2O4. The van der Waals surface area contributed by atoms with Gasteiger partial charge in [-0.3, -0.25) is 14.5 Å². The molecular weight excluding hydrogens is 294 g/mol. The standard InChI is InChI=1S/C13H14BClN2O4/c1-17-6-12(18)20-14(21-13(19)7-17)9-4-10(8-2-3-8)16-11(15)5-9/h4-5,8H,2-3,6-7H2,1H3. The van der Waals surface area contributed by atoms with E-state index in [4.69, 9.17) is 20.9 Å². The van der Waals surface area contributed by atoms with Crippen LogP contribution in [0, 0.1) is 0 Å². The normalized spacial score (nSPS) is 20.6. The van der Waals surface area contributed by atoms with E-state index >= 15 is 0 Å². The number of halogens is 1. The summed E-state index contributed by atoms with van der Waals surface area (Å²) in [5.74, 6) is -0.500. The van der Waals surface area contributed by atoms with E-state index in [1.165, 1.54) is 4.90 Å². The highest BCUT2D eigenvalue weighted by molar-refractivity contribution is 6.64. The van der Waals surface area contributed by atoms with Crippen LogP contribution in [0.15, 0.2) is 12.1 Å². The summed E-state index contributed by atoms with van der Waals surface area (Å²) in [5, 5.41) is 0.306. The van der Waals surface area contributed by atoms with Crippen molar-refractivity contribution < 1.29 is 18.9 Å². The van der Waals surface area contributed by atoms with Crippen molar-refractivity contribution in [3.63, 3.8) is 0 Å². The van der Waals surface area contributed by atoms with Crippen LogP contribution >= 0.6 is 11.6 Å². The Kier molecular flexibility index (Phi) is 3.86. The van der Waals surface area contributed by atoms with Gasteiger partial charge in [0.25, 0.3) is 0 Å². The van der Waals surface area contributed by atoms with Gasteiger partial charge in [0.1, 0.15) is 5.15 Å². The number of carbonyl (C=O) groups excluding carboxylic acids is 2. The monoisotopic (exact) mass is 308 g/mol. The fourth-order valence-electron chi connectivity index (χ4n) is 2.23. The van der Waals surface area contributed by atoms with E-state index in [0.29, 0.717) is 16.5 Å². The second-order valence-corrected chi connectivity index (χ2v) is 5.79. The molecule has 0 atom stereocenters. The Morgan fingerprint density at radius 2 is 1.86 bits per heavy atom. The average Bonchev–Trinajstić information content (AvgIpc) is 3.19. The number of pyridine rings is 1.